The lowest BCUT2D eigenvalue weighted by Crippen LogP contribution is -2.35. The third kappa shape index (κ3) is 6.14. The van der Waals surface area contributed by atoms with Gasteiger partial charge in [0.1, 0.15) is 0 Å². The minimum absolute atomic E-state index is 0.202. The number of hydrogen-bond donors (Lipinski definition) is 2. The van der Waals surface area contributed by atoms with Gasteiger partial charge in [-0.25, -0.2) is 26.3 Å². The van der Waals surface area contributed by atoms with E-state index in [4.69, 9.17) is 0 Å². The predicted molar refractivity (Wildman–Crippen MR) is 118 cm³/mol. The summed E-state index contributed by atoms with van der Waals surface area (Å²) in [6, 6.07) is 13.6. The summed E-state index contributed by atoms with van der Waals surface area (Å²) in [6.45, 7) is 4.58. The molecule has 0 aromatic heterocycles. The Labute approximate surface area is 180 Å². The highest BCUT2D eigenvalue weighted by atomic mass is 32.2. The van der Waals surface area contributed by atoms with Gasteiger partial charge in [0.05, 0.1) is 9.79 Å². The summed E-state index contributed by atoms with van der Waals surface area (Å²) in [5.74, 6) is 0.403. The van der Waals surface area contributed by atoms with Gasteiger partial charge in [-0.1, -0.05) is 41.8 Å². The maximum Gasteiger partial charge on any atom is 0.240 e. The van der Waals surface area contributed by atoms with Gasteiger partial charge in [0.15, 0.2) is 0 Å². The molecule has 2 aromatic rings. The topological polar surface area (TPSA) is 92.3 Å². The number of sulfonamides is 2. The minimum Gasteiger partial charge on any atom is -0.211 e. The van der Waals surface area contributed by atoms with E-state index < -0.39 is 20.0 Å². The molecule has 164 valence electrons. The van der Waals surface area contributed by atoms with E-state index in [0.29, 0.717) is 13.1 Å². The molecule has 0 unspecified atom stereocenters. The molecule has 2 aromatic carbocycles. The summed E-state index contributed by atoms with van der Waals surface area (Å²) < 4.78 is 55.5. The lowest BCUT2D eigenvalue weighted by Gasteiger charge is -2.29. The van der Waals surface area contributed by atoms with Crippen molar-refractivity contribution in [2.45, 2.75) is 49.3 Å². The molecule has 0 heterocycles. The van der Waals surface area contributed by atoms with E-state index in [1.165, 1.54) is 0 Å². The summed E-state index contributed by atoms with van der Waals surface area (Å²) >= 11 is 0. The van der Waals surface area contributed by atoms with Crippen molar-refractivity contribution in [2.24, 2.45) is 11.8 Å². The van der Waals surface area contributed by atoms with Crippen LogP contribution in [0.2, 0.25) is 0 Å². The Kier molecular flexibility index (Phi) is 7.34. The van der Waals surface area contributed by atoms with Crippen LogP contribution in [-0.2, 0) is 20.0 Å². The zero-order valence-electron chi connectivity index (χ0n) is 17.5. The Morgan fingerprint density at radius 3 is 1.43 bits per heavy atom. The molecular formula is C22H30N2O4S2. The van der Waals surface area contributed by atoms with E-state index in [-0.39, 0.29) is 21.6 Å². The van der Waals surface area contributed by atoms with Gasteiger partial charge in [-0.15, -0.1) is 0 Å². The Balaban J connectivity index is 1.52. The van der Waals surface area contributed by atoms with E-state index >= 15 is 0 Å². The zero-order chi connectivity index (χ0) is 21.8. The van der Waals surface area contributed by atoms with Crippen LogP contribution in [0.5, 0.6) is 0 Å². The second-order valence-corrected chi connectivity index (χ2v) is 11.8. The molecule has 0 saturated heterocycles. The molecule has 0 radical (unpaired) electrons. The van der Waals surface area contributed by atoms with Crippen LogP contribution in [0.4, 0.5) is 0 Å². The van der Waals surface area contributed by atoms with Crippen molar-refractivity contribution in [1.82, 2.24) is 9.44 Å². The lowest BCUT2D eigenvalue weighted by atomic mass is 9.81. The van der Waals surface area contributed by atoms with Crippen LogP contribution in [0.3, 0.4) is 0 Å². The molecule has 0 amide bonds. The number of hydrogen-bond acceptors (Lipinski definition) is 4. The van der Waals surface area contributed by atoms with E-state index in [2.05, 4.69) is 9.44 Å². The number of benzene rings is 2. The van der Waals surface area contributed by atoms with Crippen molar-refractivity contribution in [3.63, 3.8) is 0 Å². The molecule has 1 aliphatic rings. The summed E-state index contributed by atoms with van der Waals surface area (Å²) in [7, 11) is -7.06. The standard InChI is InChI=1S/C22H30N2O4S2/c1-17-6-10-21(11-7-17)29(25,26)23-15-19-4-3-5-20(14-19)16-24-30(27,28)22-12-8-18(2)9-13-22/h6-13,19-20,23-24H,3-5,14-16H2,1-2H3/t19-,20+. The molecule has 0 bridgehead atoms. The molecule has 1 saturated carbocycles. The van der Waals surface area contributed by atoms with Gasteiger partial charge in [-0.05, 0) is 69.2 Å². The highest BCUT2D eigenvalue weighted by Crippen LogP contribution is 2.29. The van der Waals surface area contributed by atoms with Crippen molar-refractivity contribution in [3.8, 4) is 0 Å². The van der Waals surface area contributed by atoms with Crippen molar-refractivity contribution in [1.29, 1.82) is 0 Å². The summed E-state index contributed by atoms with van der Waals surface area (Å²) in [5, 5.41) is 0. The molecule has 30 heavy (non-hydrogen) atoms. The van der Waals surface area contributed by atoms with Crippen molar-refractivity contribution in [2.75, 3.05) is 13.1 Å². The molecule has 0 aliphatic heterocycles. The summed E-state index contributed by atoms with van der Waals surface area (Å²) in [5.41, 5.74) is 2.02. The second-order valence-electron chi connectivity index (χ2n) is 8.23. The van der Waals surface area contributed by atoms with E-state index in [9.17, 15) is 16.8 Å². The molecule has 3 rings (SSSR count). The SMILES string of the molecule is Cc1ccc(S(=O)(=O)NC[C@H]2CCC[C@@H](CNS(=O)(=O)c3ccc(C)cc3)C2)cc1. The van der Waals surface area contributed by atoms with Gasteiger partial charge in [0.2, 0.25) is 20.0 Å². The fourth-order valence-electron chi connectivity index (χ4n) is 3.83. The monoisotopic (exact) mass is 450 g/mol. The summed E-state index contributed by atoms with van der Waals surface area (Å²) in [6.07, 6.45) is 3.65. The summed E-state index contributed by atoms with van der Waals surface area (Å²) in [4.78, 5) is 0.539. The minimum atomic E-state index is -3.53. The number of aryl methyl sites for hydroxylation is 2. The van der Waals surface area contributed by atoms with Gasteiger partial charge < -0.3 is 0 Å². The molecule has 0 spiro atoms. The van der Waals surface area contributed by atoms with Crippen LogP contribution in [-0.4, -0.2) is 29.9 Å². The Morgan fingerprint density at radius 2 is 1.07 bits per heavy atom. The smallest absolute Gasteiger partial charge is 0.211 e. The predicted octanol–water partition coefficient (Wildman–Crippen LogP) is 3.37. The van der Waals surface area contributed by atoms with Gasteiger partial charge in [-0.3, -0.25) is 0 Å². The van der Waals surface area contributed by atoms with Crippen molar-refractivity contribution < 1.29 is 16.8 Å². The fraction of sp³-hybridized carbons (Fsp3) is 0.455. The quantitative estimate of drug-likeness (QED) is 0.645. The Morgan fingerprint density at radius 1 is 0.700 bits per heavy atom. The fourth-order valence-corrected chi connectivity index (χ4v) is 6.06. The molecule has 1 fully saturated rings. The largest absolute Gasteiger partial charge is 0.240 e. The normalized spacial score (nSPS) is 20.2. The first kappa shape index (κ1) is 22.9. The molecular weight excluding hydrogens is 420 g/mol. The first-order chi connectivity index (χ1) is 14.2. The molecule has 2 N–H and O–H groups in total. The molecule has 2 atom stereocenters. The van der Waals surface area contributed by atoms with Gasteiger partial charge in [0, 0.05) is 13.1 Å². The highest BCUT2D eigenvalue weighted by molar-refractivity contribution is 7.89. The van der Waals surface area contributed by atoms with E-state index in [1.807, 2.05) is 13.8 Å². The van der Waals surface area contributed by atoms with Gasteiger partial charge >= 0.3 is 0 Å². The Bertz CT molecular complexity index is 962. The third-order valence-electron chi connectivity index (χ3n) is 5.68. The van der Waals surface area contributed by atoms with Crippen molar-refractivity contribution in [3.05, 3.63) is 59.7 Å². The molecule has 6 nitrogen and oxygen atoms in total. The first-order valence-corrected chi connectivity index (χ1v) is 13.2. The van der Waals surface area contributed by atoms with Crippen LogP contribution in [0.25, 0.3) is 0 Å². The van der Waals surface area contributed by atoms with Crippen LogP contribution < -0.4 is 9.44 Å². The lowest BCUT2D eigenvalue weighted by molar-refractivity contribution is 0.268. The van der Waals surface area contributed by atoms with Crippen molar-refractivity contribution >= 4 is 20.0 Å². The second kappa shape index (κ2) is 9.60. The zero-order valence-corrected chi connectivity index (χ0v) is 19.1. The van der Waals surface area contributed by atoms with Crippen LogP contribution >= 0.6 is 0 Å². The van der Waals surface area contributed by atoms with Crippen LogP contribution in [0.1, 0.15) is 36.8 Å². The average Bonchev–Trinajstić information content (AvgIpc) is 2.72. The molecule has 8 heteroatoms. The number of rotatable bonds is 8. The van der Waals surface area contributed by atoms with Crippen LogP contribution in [0, 0.1) is 25.7 Å². The van der Waals surface area contributed by atoms with E-state index in [1.54, 1.807) is 48.5 Å². The third-order valence-corrected chi connectivity index (χ3v) is 8.56. The maximum atomic E-state index is 12.5. The Hall–Kier alpha value is -1.74. The highest BCUT2D eigenvalue weighted by Gasteiger charge is 2.25. The maximum absolute atomic E-state index is 12.5. The van der Waals surface area contributed by atoms with Gasteiger partial charge in [-0.2, -0.15) is 0 Å². The number of nitrogens with one attached hydrogen (secondary N) is 2. The average molecular weight is 451 g/mol. The van der Waals surface area contributed by atoms with E-state index in [0.717, 1.165) is 36.8 Å². The van der Waals surface area contributed by atoms with Crippen LogP contribution in [0.15, 0.2) is 58.3 Å². The van der Waals surface area contributed by atoms with Gasteiger partial charge in [0.25, 0.3) is 0 Å². The molecule has 1 aliphatic carbocycles. The first-order valence-electron chi connectivity index (χ1n) is 10.3.